The maximum Gasteiger partial charge on any atom is 0.224 e. The summed E-state index contributed by atoms with van der Waals surface area (Å²) in [5, 5.41) is 4.55. The number of pyridine rings is 3. The van der Waals surface area contributed by atoms with Crippen LogP contribution in [-0.2, 0) is 0 Å². The molecule has 6 rings (SSSR count). The van der Waals surface area contributed by atoms with Gasteiger partial charge in [0.25, 0.3) is 0 Å². The molecule has 0 atom stereocenters. The Hall–Kier alpha value is -4.67. The Morgan fingerprint density at radius 3 is 1.43 bits per heavy atom. The van der Waals surface area contributed by atoms with Gasteiger partial charge in [-0.25, -0.2) is 0 Å². The molecule has 176 valence electrons. The second-order valence-electron chi connectivity index (χ2n) is 8.86. The van der Waals surface area contributed by atoms with E-state index < -0.39 is 8.07 Å². The molecule has 3 aromatic heterocycles. The van der Waals surface area contributed by atoms with Crippen LogP contribution < -0.4 is 21.0 Å². The van der Waals surface area contributed by atoms with Crippen molar-refractivity contribution in [3.05, 3.63) is 152 Å². The fraction of sp³-hybridized carbons (Fsp3) is 0. The number of aromatic nitrogens is 3. The summed E-state index contributed by atoms with van der Waals surface area (Å²) in [6.07, 6.45) is 5.66. The Morgan fingerprint density at radius 1 is 0.378 bits per heavy atom. The molecule has 0 saturated heterocycles. The zero-order chi connectivity index (χ0) is 24.9. The first kappa shape index (κ1) is 22.8. The van der Waals surface area contributed by atoms with Crippen LogP contribution >= 0.6 is 0 Å². The van der Waals surface area contributed by atoms with Gasteiger partial charge in [-0.05, 0) is 46.3 Å². The largest absolute Gasteiger partial charge is 0.264 e. The van der Waals surface area contributed by atoms with E-state index in [2.05, 4.69) is 109 Å². The Kier molecular flexibility index (Phi) is 6.23. The number of hydrogen-bond donors (Lipinski definition) is 0. The highest BCUT2D eigenvalue weighted by Crippen LogP contribution is 2.23. The molecule has 0 fully saturated rings. The Bertz CT molecular complexity index is 1480. The first-order valence-electron chi connectivity index (χ1n) is 12.4. The average Bonchev–Trinajstić information content (AvgIpc) is 3.00. The molecular weight excluding hydrogens is 466 g/mol. The van der Waals surface area contributed by atoms with Crippen molar-refractivity contribution in [3.8, 4) is 22.4 Å². The van der Waals surface area contributed by atoms with Crippen molar-refractivity contribution in [1.29, 1.82) is 0 Å². The van der Waals surface area contributed by atoms with Crippen LogP contribution in [0.1, 0.15) is 0 Å². The van der Waals surface area contributed by atoms with Gasteiger partial charge in [-0.3, -0.25) is 15.0 Å². The van der Waals surface area contributed by atoms with Crippen molar-refractivity contribution in [2.24, 2.45) is 0 Å². The predicted molar refractivity (Wildman–Crippen MR) is 154 cm³/mol. The van der Waals surface area contributed by atoms with Gasteiger partial charge < -0.3 is 0 Å². The molecular formula is C33H25N3Si. The van der Waals surface area contributed by atoms with E-state index in [1.807, 2.05) is 42.9 Å². The maximum atomic E-state index is 5.19. The van der Waals surface area contributed by atoms with Crippen molar-refractivity contribution >= 4 is 29.1 Å². The molecule has 0 saturated carbocycles. The minimum absolute atomic E-state index is 0.909. The molecule has 3 aromatic carbocycles. The van der Waals surface area contributed by atoms with Crippen molar-refractivity contribution in [3.63, 3.8) is 0 Å². The van der Waals surface area contributed by atoms with E-state index in [1.54, 1.807) is 0 Å². The fourth-order valence-electron chi connectivity index (χ4n) is 5.19. The first-order chi connectivity index (χ1) is 18.4. The molecule has 4 heteroatoms. The summed E-state index contributed by atoms with van der Waals surface area (Å²) in [5.41, 5.74) is 4.21. The summed E-state index contributed by atoms with van der Waals surface area (Å²) in [6, 6.07) is 46.5. The van der Waals surface area contributed by atoms with Gasteiger partial charge in [0.1, 0.15) is 0 Å². The van der Waals surface area contributed by atoms with Crippen molar-refractivity contribution in [2.45, 2.75) is 0 Å². The van der Waals surface area contributed by atoms with E-state index in [4.69, 9.17) is 15.0 Å². The molecule has 0 aliphatic carbocycles. The fourth-order valence-corrected chi connectivity index (χ4v) is 10.0. The summed E-state index contributed by atoms with van der Waals surface area (Å²) >= 11 is 0. The predicted octanol–water partition coefficient (Wildman–Crippen LogP) is 4.58. The molecule has 0 aliphatic heterocycles. The molecule has 6 aromatic rings. The van der Waals surface area contributed by atoms with Gasteiger partial charge >= 0.3 is 0 Å². The van der Waals surface area contributed by atoms with E-state index in [1.165, 1.54) is 10.4 Å². The second kappa shape index (κ2) is 10.1. The van der Waals surface area contributed by atoms with Gasteiger partial charge in [0.15, 0.2) is 0 Å². The zero-order valence-electron chi connectivity index (χ0n) is 20.3. The summed E-state index contributed by atoms with van der Waals surface area (Å²) in [5.74, 6) is 0. The van der Waals surface area contributed by atoms with Crippen LogP contribution in [0, 0.1) is 0 Å². The molecule has 0 bridgehead atoms. The SMILES string of the molecule is c1ccc(-c2cccnc2[Si](c2ccccc2)(c2ccccc2)c2ncccc2-c2ccccn2)cc1. The van der Waals surface area contributed by atoms with E-state index in [0.29, 0.717) is 0 Å². The third-order valence-corrected chi connectivity index (χ3v) is 11.4. The molecule has 0 spiro atoms. The van der Waals surface area contributed by atoms with E-state index >= 15 is 0 Å². The molecule has 3 heterocycles. The Labute approximate surface area is 218 Å². The molecule has 3 nitrogen and oxygen atoms in total. The lowest BCUT2D eigenvalue weighted by Gasteiger charge is -2.34. The highest BCUT2D eigenvalue weighted by Gasteiger charge is 2.47. The first-order valence-corrected chi connectivity index (χ1v) is 14.4. The van der Waals surface area contributed by atoms with Gasteiger partial charge in [0.05, 0.1) is 11.0 Å². The van der Waals surface area contributed by atoms with Crippen molar-refractivity contribution < 1.29 is 0 Å². The summed E-state index contributed by atoms with van der Waals surface area (Å²) in [7, 11) is -3.02. The topological polar surface area (TPSA) is 38.7 Å². The van der Waals surface area contributed by atoms with Gasteiger partial charge in [-0.1, -0.05) is 103 Å². The maximum absolute atomic E-state index is 5.19. The Balaban J connectivity index is 1.80. The number of rotatable bonds is 6. The molecule has 0 unspecified atom stereocenters. The summed E-state index contributed by atoms with van der Waals surface area (Å²) in [6.45, 7) is 0. The number of hydrogen-bond acceptors (Lipinski definition) is 3. The molecule has 0 radical (unpaired) electrons. The monoisotopic (exact) mass is 491 g/mol. The smallest absolute Gasteiger partial charge is 0.224 e. The lowest BCUT2D eigenvalue weighted by atomic mass is 10.1. The van der Waals surface area contributed by atoms with Gasteiger partial charge in [-0.15, -0.1) is 0 Å². The van der Waals surface area contributed by atoms with Gasteiger partial charge in [-0.2, -0.15) is 0 Å². The standard InChI is InChI=1S/C33H25N3Si/c1-4-14-26(15-5-1)29-20-12-24-35-32(29)37(27-16-6-2-7-17-27,28-18-8-3-9-19-28)33-30(21-13-25-36-33)31-22-10-11-23-34-31/h1-25H. The van der Waals surface area contributed by atoms with Crippen LogP contribution in [0.5, 0.6) is 0 Å². The van der Waals surface area contributed by atoms with Crippen LogP contribution in [0.4, 0.5) is 0 Å². The lowest BCUT2D eigenvalue weighted by molar-refractivity contribution is 1.30. The second-order valence-corrected chi connectivity index (χ2v) is 12.5. The third-order valence-electron chi connectivity index (χ3n) is 6.77. The normalized spacial score (nSPS) is 11.2. The van der Waals surface area contributed by atoms with Gasteiger partial charge in [0, 0.05) is 35.0 Å². The molecule has 0 aliphatic rings. The van der Waals surface area contributed by atoms with E-state index in [0.717, 1.165) is 33.0 Å². The van der Waals surface area contributed by atoms with Crippen LogP contribution in [0.3, 0.4) is 0 Å². The molecule has 0 amide bonds. The minimum atomic E-state index is -3.02. The van der Waals surface area contributed by atoms with Crippen LogP contribution in [0.25, 0.3) is 22.4 Å². The summed E-state index contributed by atoms with van der Waals surface area (Å²) in [4.78, 5) is 15.1. The zero-order valence-corrected chi connectivity index (χ0v) is 21.3. The van der Waals surface area contributed by atoms with E-state index in [-0.39, 0.29) is 0 Å². The van der Waals surface area contributed by atoms with E-state index in [9.17, 15) is 0 Å². The highest BCUT2D eigenvalue weighted by molar-refractivity contribution is 7.20. The van der Waals surface area contributed by atoms with Gasteiger partial charge in [0.2, 0.25) is 8.07 Å². The minimum Gasteiger partial charge on any atom is -0.264 e. The summed E-state index contributed by atoms with van der Waals surface area (Å²) < 4.78 is 0. The number of benzene rings is 3. The number of nitrogens with zero attached hydrogens (tertiary/aromatic N) is 3. The Morgan fingerprint density at radius 2 is 0.865 bits per heavy atom. The third kappa shape index (κ3) is 4.07. The van der Waals surface area contributed by atoms with Crippen LogP contribution in [-0.4, -0.2) is 23.0 Å². The average molecular weight is 492 g/mol. The van der Waals surface area contributed by atoms with Crippen LogP contribution in [0.2, 0.25) is 0 Å². The van der Waals surface area contributed by atoms with Crippen molar-refractivity contribution in [1.82, 2.24) is 15.0 Å². The van der Waals surface area contributed by atoms with Crippen molar-refractivity contribution in [2.75, 3.05) is 0 Å². The quantitative estimate of drug-likeness (QED) is 0.320. The lowest BCUT2D eigenvalue weighted by Crippen LogP contribution is -2.77. The highest BCUT2D eigenvalue weighted by atomic mass is 28.3. The van der Waals surface area contributed by atoms with Crippen LogP contribution in [0.15, 0.2) is 152 Å². The molecule has 0 N–H and O–H groups in total. The molecule has 37 heavy (non-hydrogen) atoms.